The number of anilines is 1. The highest BCUT2D eigenvalue weighted by molar-refractivity contribution is 7.81. The Hall–Kier alpha value is -1.57. The van der Waals surface area contributed by atoms with Gasteiger partial charge in [-0.25, -0.2) is 9.97 Å². The van der Waals surface area contributed by atoms with Crippen LogP contribution >= 0.6 is 36.0 Å². The van der Waals surface area contributed by atoms with Crippen LogP contribution in [0.15, 0.2) is 24.3 Å². The van der Waals surface area contributed by atoms with Crippen molar-refractivity contribution in [3.63, 3.8) is 0 Å². The van der Waals surface area contributed by atoms with E-state index in [1.165, 1.54) is 4.31 Å². The van der Waals surface area contributed by atoms with Crippen LogP contribution in [-0.2, 0) is 13.0 Å². The first-order chi connectivity index (χ1) is 10.9. The molecule has 0 aliphatic heterocycles. The second-order valence-electron chi connectivity index (χ2n) is 4.76. The standard InChI is InChI=1S/C14H14Cl2N4O2S/c1-2-5-11-17-13(16)12(20(21)22)14(18-11)19(23)8-9-6-3-4-7-10(9)15/h3-4,6-7,23H,2,5,8H2,1H3. The lowest BCUT2D eigenvalue weighted by Crippen LogP contribution is -2.16. The molecule has 1 aromatic heterocycles. The van der Waals surface area contributed by atoms with Gasteiger partial charge in [0.05, 0.1) is 11.5 Å². The van der Waals surface area contributed by atoms with Crippen LogP contribution in [0.1, 0.15) is 24.7 Å². The number of nitrogens with zero attached hydrogens (tertiary/aromatic N) is 4. The molecule has 1 heterocycles. The predicted molar refractivity (Wildman–Crippen MR) is 94.3 cm³/mol. The van der Waals surface area contributed by atoms with Gasteiger partial charge in [0, 0.05) is 11.4 Å². The van der Waals surface area contributed by atoms with Crippen molar-refractivity contribution >= 4 is 47.5 Å². The lowest BCUT2D eigenvalue weighted by Gasteiger charge is -2.18. The molecular formula is C14H14Cl2N4O2S. The fraction of sp³-hybridized carbons (Fsp3) is 0.286. The second-order valence-corrected chi connectivity index (χ2v) is 6.01. The summed E-state index contributed by atoms with van der Waals surface area (Å²) in [6.45, 7) is 2.20. The SMILES string of the molecule is CCCc1nc(Cl)c([N+](=O)[O-])c(N(S)Cc2ccccc2Cl)n1. The topological polar surface area (TPSA) is 72.2 Å². The van der Waals surface area contributed by atoms with Crippen LogP contribution in [0.5, 0.6) is 0 Å². The van der Waals surface area contributed by atoms with Gasteiger partial charge >= 0.3 is 5.69 Å². The highest BCUT2D eigenvalue weighted by atomic mass is 35.5. The lowest BCUT2D eigenvalue weighted by atomic mass is 10.2. The number of nitro groups is 1. The van der Waals surface area contributed by atoms with E-state index < -0.39 is 4.92 Å². The minimum absolute atomic E-state index is 0.0571. The van der Waals surface area contributed by atoms with Gasteiger partial charge in [0.25, 0.3) is 0 Å². The molecule has 0 saturated carbocycles. The highest BCUT2D eigenvalue weighted by Crippen LogP contribution is 2.34. The number of rotatable bonds is 6. The Morgan fingerprint density at radius 3 is 2.61 bits per heavy atom. The summed E-state index contributed by atoms with van der Waals surface area (Å²) in [6.07, 6.45) is 1.36. The third-order valence-electron chi connectivity index (χ3n) is 3.05. The molecule has 122 valence electrons. The van der Waals surface area contributed by atoms with Crippen molar-refractivity contribution in [3.8, 4) is 0 Å². The molecule has 0 spiro atoms. The zero-order valence-corrected chi connectivity index (χ0v) is 14.6. The van der Waals surface area contributed by atoms with Crippen molar-refractivity contribution in [2.45, 2.75) is 26.3 Å². The molecule has 6 nitrogen and oxygen atoms in total. The molecule has 0 radical (unpaired) electrons. The molecule has 23 heavy (non-hydrogen) atoms. The summed E-state index contributed by atoms with van der Waals surface area (Å²) in [6, 6.07) is 7.18. The number of aromatic nitrogens is 2. The van der Waals surface area contributed by atoms with E-state index in [2.05, 4.69) is 22.8 Å². The Morgan fingerprint density at radius 1 is 1.30 bits per heavy atom. The molecule has 0 aliphatic rings. The van der Waals surface area contributed by atoms with E-state index in [-0.39, 0.29) is 23.2 Å². The molecule has 0 N–H and O–H groups in total. The number of benzene rings is 1. The summed E-state index contributed by atoms with van der Waals surface area (Å²) >= 11 is 16.4. The maximum Gasteiger partial charge on any atom is 0.349 e. The Balaban J connectivity index is 2.43. The van der Waals surface area contributed by atoms with Gasteiger partial charge in [-0.05, 0) is 18.1 Å². The molecular weight excluding hydrogens is 359 g/mol. The van der Waals surface area contributed by atoms with Crippen LogP contribution < -0.4 is 4.31 Å². The van der Waals surface area contributed by atoms with Crippen LogP contribution in [-0.4, -0.2) is 14.9 Å². The summed E-state index contributed by atoms with van der Waals surface area (Å²) in [5.41, 5.74) is 0.402. The van der Waals surface area contributed by atoms with Gasteiger partial charge in [0.2, 0.25) is 11.0 Å². The fourth-order valence-corrected chi connectivity index (χ4v) is 2.73. The summed E-state index contributed by atoms with van der Waals surface area (Å²) in [4.78, 5) is 18.9. The largest absolute Gasteiger partial charge is 0.349 e. The molecule has 2 aromatic rings. The van der Waals surface area contributed by atoms with Gasteiger partial charge in [0.15, 0.2) is 0 Å². The van der Waals surface area contributed by atoms with Crippen molar-refractivity contribution < 1.29 is 4.92 Å². The van der Waals surface area contributed by atoms with E-state index in [1.54, 1.807) is 12.1 Å². The molecule has 0 saturated heterocycles. The van der Waals surface area contributed by atoms with E-state index in [9.17, 15) is 10.1 Å². The first-order valence-corrected chi connectivity index (χ1v) is 8.00. The Kier molecular flexibility index (Phi) is 6.04. The van der Waals surface area contributed by atoms with Gasteiger partial charge < -0.3 is 0 Å². The van der Waals surface area contributed by atoms with Gasteiger partial charge in [0.1, 0.15) is 5.82 Å². The smallest absolute Gasteiger partial charge is 0.293 e. The minimum Gasteiger partial charge on any atom is -0.293 e. The van der Waals surface area contributed by atoms with E-state index in [0.717, 1.165) is 12.0 Å². The lowest BCUT2D eigenvalue weighted by molar-refractivity contribution is -0.384. The van der Waals surface area contributed by atoms with E-state index >= 15 is 0 Å². The van der Waals surface area contributed by atoms with Crippen molar-refractivity contribution in [2.24, 2.45) is 0 Å². The molecule has 0 atom stereocenters. The maximum absolute atomic E-state index is 11.3. The molecule has 1 aromatic carbocycles. The molecule has 0 amide bonds. The third-order valence-corrected chi connectivity index (χ3v) is 4.01. The van der Waals surface area contributed by atoms with E-state index in [0.29, 0.717) is 17.3 Å². The van der Waals surface area contributed by atoms with Crippen molar-refractivity contribution in [1.82, 2.24) is 9.97 Å². The number of hydrogen-bond acceptors (Lipinski definition) is 6. The summed E-state index contributed by atoms with van der Waals surface area (Å²) in [5, 5.41) is 11.6. The van der Waals surface area contributed by atoms with Crippen LogP contribution in [0.2, 0.25) is 10.2 Å². The van der Waals surface area contributed by atoms with Crippen LogP contribution in [0.4, 0.5) is 11.5 Å². The average Bonchev–Trinajstić information content (AvgIpc) is 2.48. The van der Waals surface area contributed by atoms with E-state index in [4.69, 9.17) is 23.2 Å². The number of aryl methyl sites for hydroxylation is 1. The Morgan fingerprint density at radius 2 is 2.00 bits per heavy atom. The molecule has 9 heteroatoms. The number of hydrogen-bond donors (Lipinski definition) is 1. The Labute approximate surface area is 149 Å². The number of thiol groups is 1. The van der Waals surface area contributed by atoms with Crippen LogP contribution in [0, 0.1) is 10.1 Å². The summed E-state index contributed by atoms with van der Waals surface area (Å²) in [7, 11) is 0. The molecule has 0 aliphatic carbocycles. The van der Waals surface area contributed by atoms with Gasteiger partial charge in [-0.2, -0.15) is 0 Å². The first kappa shape index (κ1) is 17.8. The monoisotopic (exact) mass is 372 g/mol. The summed E-state index contributed by atoms with van der Waals surface area (Å²) in [5.74, 6) is 0.498. The second kappa shape index (κ2) is 7.81. The molecule has 2 rings (SSSR count). The van der Waals surface area contributed by atoms with Crippen LogP contribution in [0.25, 0.3) is 0 Å². The van der Waals surface area contributed by atoms with Gasteiger partial charge in [-0.15, -0.1) is 0 Å². The van der Waals surface area contributed by atoms with E-state index in [1.807, 2.05) is 19.1 Å². The average molecular weight is 373 g/mol. The fourth-order valence-electron chi connectivity index (χ4n) is 1.99. The number of halogens is 2. The first-order valence-electron chi connectivity index (χ1n) is 6.84. The highest BCUT2D eigenvalue weighted by Gasteiger charge is 2.27. The maximum atomic E-state index is 11.3. The van der Waals surface area contributed by atoms with Gasteiger partial charge in [-0.1, -0.05) is 61.1 Å². The zero-order valence-electron chi connectivity index (χ0n) is 12.2. The quantitative estimate of drug-likeness (QED) is 0.349. The minimum atomic E-state index is -0.608. The normalized spacial score (nSPS) is 10.6. The summed E-state index contributed by atoms with van der Waals surface area (Å²) < 4.78 is 1.35. The zero-order chi connectivity index (χ0) is 17.0. The van der Waals surface area contributed by atoms with Crippen LogP contribution in [0.3, 0.4) is 0 Å². The van der Waals surface area contributed by atoms with Crippen molar-refractivity contribution in [3.05, 3.63) is 55.9 Å². The molecule has 0 bridgehead atoms. The molecule has 0 unspecified atom stereocenters. The van der Waals surface area contributed by atoms with Crippen molar-refractivity contribution in [2.75, 3.05) is 4.31 Å². The predicted octanol–water partition coefficient (Wildman–Crippen LogP) is 4.50. The Bertz CT molecular complexity index is 730. The van der Waals surface area contributed by atoms with Crippen molar-refractivity contribution in [1.29, 1.82) is 0 Å². The van der Waals surface area contributed by atoms with Gasteiger partial charge in [-0.3, -0.25) is 14.4 Å². The third kappa shape index (κ3) is 4.25. The molecule has 0 fully saturated rings.